The SMILES string of the molecule is O=C(C1CCOCC1)C1CCOC2(CCCCC2)C1. The first-order chi connectivity index (χ1) is 9.29. The van der Waals surface area contributed by atoms with Crippen LogP contribution in [0.2, 0.25) is 0 Å². The zero-order valence-electron chi connectivity index (χ0n) is 11.9. The molecule has 0 radical (unpaired) electrons. The molecule has 108 valence electrons. The van der Waals surface area contributed by atoms with Gasteiger partial charge >= 0.3 is 0 Å². The van der Waals surface area contributed by atoms with Gasteiger partial charge in [-0.1, -0.05) is 19.3 Å². The lowest BCUT2D eigenvalue weighted by Gasteiger charge is -2.43. The van der Waals surface area contributed by atoms with E-state index in [-0.39, 0.29) is 17.4 Å². The van der Waals surface area contributed by atoms with Crippen LogP contribution in [0.3, 0.4) is 0 Å². The molecule has 0 N–H and O–H groups in total. The quantitative estimate of drug-likeness (QED) is 0.770. The Balaban J connectivity index is 1.62. The summed E-state index contributed by atoms with van der Waals surface area (Å²) < 4.78 is 11.5. The van der Waals surface area contributed by atoms with E-state index in [1.54, 1.807) is 0 Å². The molecule has 0 aromatic heterocycles. The van der Waals surface area contributed by atoms with Gasteiger partial charge < -0.3 is 9.47 Å². The predicted octanol–water partition coefficient (Wildman–Crippen LogP) is 3.11. The van der Waals surface area contributed by atoms with Crippen molar-refractivity contribution in [2.24, 2.45) is 11.8 Å². The highest BCUT2D eigenvalue weighted by atomic mass is 16.5. The molecule has 2 heterocycles. The second-order valence-corrected chi connectivity index (χ2v) is 6.57. The van der Waals surface area contributed by atoms with Gasteiger partial charge in [0.05, 0.1) is 5.60 Å². The first-order valence-electron chi connectivity index (χ1n) is 8.05. The fourth-order valence-electron chi connectivity index (χ4n) is 4.13. The zero-order chi connectivity index (χ0) is 13.1. The summed E-state index contributed by atoms with van der Waals surface area (Å²) >= 11 is 0. The number of carbonyl (C=O) groups is 1. The molecule has 1 unspecified atom stereocenters. The molecule has 0 bridgehead atoms. The van der Waals surface area contributed by atoms with Crippen LogP contribution in [0.1, 0.15) is 57.8 Å². The number of hydrogen-bond acceptors (Lipinski definition) is 3. The highest BCUT2D eigenvalue weighted by molar-refractivity contribution is 5.83. The van der Waals surface area contributed by atoms with Crippen LogP contribution in [0, 0.1) is 11.8 Å². The van der Waals surface area contributed by atoms with Gasteiger partial charge in [-0.15, -0.1) is 0 Å². The second kappa shape index (κ2) is 5.92. The fraction of sp³-hybridized carbons (Fsp3) is 0.938. The number of hydrogen-bond donors (Lipinski definition) is 0. The lowest BCUT2D eigenvalue weighted by Crippen LogP contribution is -2.44. The zero-order valence-corrected chi connectivity index (χ0v) is 11.9. The molecule has 3 fully saturated rings. The Morgan fingerprint density at radius 2 is 1.58 bits per heavy atom. The number of ether oxygens (including phenoxy) is 2. The summed E-state index contributed by atoms with van der Waals surface area (Å²) in [5.41, 5.74) is 0.0575. The number of Topliss-reactive ketones (excluding diaryl/α,β-unsaturated/α-hetero) is 1. The van der Waals surface area contributed by atoms with E-state index in [0.29, 0.717) is 5.78 Å². The van der Waals surface area contributed by atoms with Gasteiger partial charge in [0.25, 0.3) is 0 Å². The lowest BCUT2D eigenvalue weighted by atomic mass is 9.72. The molecule has 3 nitrogen and oxygen atoms in total. The van der Waals surface area contributed by atoms with Gasteiger partial charge in [0.15, 0.2) is 0 Å². The Labute approximate surface area is 116 Å². The summed E-state index contributed by atoms with van der Waals surface area (Å²) in [6.07, 6.45) is 10.0. The van der Waals surface area contributed by atoms with Crippen LogP contribution in [0.15, 0.2) is 0 Å². The molecule has 1 aliphatic carbocycles. The largest absolute Gasteiger partial charge is 0.381 e. The van der Waals surface area contributed by atoms with Crippen LogP contribution in [0.4, 0.5) is 0 Å². The van der Waals surface area contributed by atoms with Gasteiger partial charge in [0, 0.05) is 31.7 Å². The third-order valence-corrected chi connectivity index (χ3v) is 5.28. The summed E-state index contributed by atoms with van der Waals surface area (Å²) in [7, 11) is 0. The molecule has 3 heteroatoms. The minimum atomic E-state index is 0.0575. The van der Waals surface area contributed by atoms with Gasteiger partial charge in [-0.25, -0.2) is 0 Å². The maximum Gasteiger partial charge on any atom is 0.139 e. The summed E-state index contributed by atoms with van der Waals surface area (Å²) in [5.74, 6) is 1.03. The monoisotopic (exact) mass is 266 g/mol. The van der Waals surface area contributed by atoms with E-state index in [2.05, 4.69) is 0 Å². The number of carbonyl (C=O) groups excluding carboxylic acids is 1. The predicted molar refractivity (Wildman–Crippen MR) is 73.0 cm³/mol. The molecular weight excluding hydrogens is 240 g/mol. The van der Waals surface area contributed by atoms with Crippen molar-refractivity contribution in [3.8, 4) is 0 Å². The number of rotatable bonds is 2. The normalized spacial score (nSPS) is 32.3. The van der Waals surface area contributed by atoms with E-state index in [1.165, 1.54) is 32.1 Å². The Bertz CT molecular complexity index is 308. The van der Waals surface area contributed by atoms with Crippen LogP contribution in [0.5, 0.6) is 0 Å². The van der Waals surface area contributed by atoms with Crippen molar-refractivity contribution >= 4 is 5.78 Å². The Morgan fingerprint density at radius 3 is 2.32 bits per heavy atom. The molecule has 1 spiro atoms. The summed E-state index contributed by atoms with van der Waals surface area (Å²) in [6, 6.07) is 0. The fourth-order valence-corrected chi connectivity index (χ4v) is 4.13. The van der Waals surface area contributed by atoms with E-state index in [4.69, 9.17) is 9.47 Å². The average molecular weight is 266 g/mol. The molecule has 0 aromatic carbocycles. The molecule has 19 heavy (non-hydrogen) atoms. The first kappa shape index (κ1) is 13.6. The van der Waals surface area contributed by atoms with E-state index >= 15 is 0 Å². The van der Waals surface area contributed by atoms with Crippen molar-refractivity contribution in [2.75, 3.05) is 19.8 Å². The Kier molecular flexibility index (Phi) is 4.23. The van der Waals surface area contributed by atoms with Gasteiger partial charge in [-0.05, 0) is 38.5 Å². The molecule has 1 saturated carbocycles. The second-order valence-electron chi connectivity index (χ2n) is 6.57. The van der Waals surface area contributed by atoms with Gasteiger partial charge in [0.1, 0.15) is 5.78 Å². The molecule has 0 amide bonds. The number of ketones is 1. The average Bonchev–Trinajstić information content (AvgIpc) is 2.48. The topological polar surface area (TPSA) is 35.5 Å². The molecule has 3 rings (SSSR count). The van der Waals surface area contributed by atoms with Crippen molar-refractivity contribution in [1.29, 1.82) is 0 Å². The minimum Gasteiger partial charge on any atom is -0.381 e. The molecule has 1 atom stereocenters. The first-order valence-corrected chi connectivity index (χ1v) is 8.05. The highest BCUT2D eigenvalue weighted by Crippen LogP contribution is 2.42. The lowest BCUT2D eigenvalue weighted by molar-refractivity contribution is -0.148. The van der Waals surface area contributed by atoms with Crippen molar-refractivity contribution in [2.45, 2.75) is 63.4 Å². The molecular formula is C16H26O3. The van der Waals surface area contributed by atoms with Crippen molar-refractivity contribution in [3.05, 3.63) is 0 Å². The van der Waals surface area contributed by atoms with Gasteiger partial charge in [-0.3, -0.25) is 4.79 Å². The van der Waals surface area contributed by atoms with Crippen LogP contribution in [-0.2, 0) is 14.3 Å². The van der Waals surface area contributed by atoms with Crippen LogP contribution < -0.4 is 0 Å². The van der Waals surface area contributed by atoms with Crippen LogP contribution in [-0.4, -0.2) is 31.2 Å². The summed E-state index contributed by atoms with van der Waals surface area (Å²) in [6.45, 7) is 2.33. The molecule has 2 saturated heterocycles. The van der Waals surface area contributed by atoms with E-state index in [1.807, 2.05) is 0 Å². The van der Waals surface area contributed by atoms with E-state index in [0.717, 1.165) is 45.5 Å². The van der Waals surface area contributed by atoms with Crippen molar-refractivity contribution < 1.29 is 14.3 Å². The van der Waals surface area contributed by atoms with Crippen molar-refractivity contribution in [3.63, 3.8) is 0 Å². The van der Waals surface area contributed by atoms with Gasteiger partial charge in [0.2, 0.25) is 0 Å². The molecule has 0 aromatic rings. The summed E-state index contributed by atoms with van der Waals surface area (Å²) in [5, 5.41) is 0. The molecule has 2 aliphatic heterocycles. The molecule has 3 aliphatic rings. The highest BCUT2D eigenvalue weighted by Gasteiger charge is 2.42. The smallest absolute Gasteiger partial charge is 0.139 e. The maximum absolute atomic E-state index is 12.7. The Hall–Kier alpha value is -0.410. The van der Waals surface area contributed by atoms with E-state index < -0.39 is 0 Å². The van der Waals surface area contributed by atoms with Crippen molar-refractivity contribution in [1.82, 2.24) is 0 Å². The summed E-state index contributed by atoms with van der Waals surface area (Å²) in [4.78, 5) is 12.7. The maximum atomic E-state index is 12.7. The third-order valence-electron chi connectivity index (χ3n) is 5.28. The standard InChI is InChI=1S/C16H26O3/c17-15(13-4-9-18-10-5-13)14-6-11-19-16(12-14)7-2-1-3-8-16/h13-14H,1-12H2. The van der Waals surface area contributed by atoms with E-state index in [9.17, 15) is 4.79 Å². The van der Waals surface area contributed by atoms with Crippen LogP contribution >= 0.6 is 0 Å². The minimum absolute atomic E-state index is 0.0575. The third kappa shape index (κ3) is 3.03. The van der Waals surface area contributed by atoms with Gasteiger partial charge in [-0.2, -0.15) is 0 Å². The Morgan fingerprint density at radius 1 is 0.895 bits per heavy atom. The van der Waals surface area contributed by atoms with Crippen LogP contribution in [0.25, 0.3) is 0 Å².